The second-order valence-corrected chi connectivity index (χ2v) is 10.7. The fraction of sp³-hybridized carbons (Fsp3) is 0.227. The summed E-state index contributed by atoms with van der Waals surface area (Å²) in [5.41, 5.74) is 2.36. The molecule has 162 valence electrons. The van der Waals surface area contributed by atoms with E-state index in [9.17, 15) is 13.2 Å². The van der Waals surface area contributed by atoms with Gasteiger partial charge in [0.2, 0.25) is 0 Å². The van der Waals surface area contributed by atoms with Crippen molar-refractivity contribution in [3.05, 3.63) is 76.8 Å². The average Bonchev–Trinajstić information content (AvgIpc) is 3.30. The molecule has 1 fully saturated rings. The fourth-order valence-electron chi connectivity index (χ4n) is 3.20. The van der Waals surface area contributed by atoms with Crippen LogP contribution >= 0.6 is 22.9 Å². The van der Waals surface area contributed by atoms with Gasteiger partial charge in [-0.2, -0.15) is 4.31 Å². The van der Waals surface area contributed by atoms with Crippen LogP contribution in [-0.2, 0) is 21.3 Å². The number of morpholine rings is 1. The molecule has 0 bridgehead atoms. The summed E-state index contributed by atoms with van der Waals surface area (Å²) in [6.07, 6.45) is 0. The van der Waals surface area contributed by atoms with Crippen LogP contribution in [0, 0.1) is 0 Å². The largest absolute Gasteiger partial charge is 0.379 e. The van der Waals surface area contributed by atoms with E-state index in [1.807, 2.05) is 24.3 Å². The Morgan fingerprint density at radius 1 is 1.00 bits per heavy atom. The molecule has 1 saturated heterocycles. The van der Waals surface area contributed by atoms with Crippen LogP contribution in [-0.4, -0.2) is 44.9 Å². The van der Waals surface area contributed by atoms with Gasteiger partial charge < -0.3 is 10.1 Å². The fourth-order valence-corrected chi connectivity index (χ4v) is 6.20. The molecule has 0 spiro atoms. The third-order valence-electron chi connectivity index (χ3n) is 4.94. The average molecular weight is 477 g/mol. The second-order valence-electron chi connectivity index (χ2n) is 7.02. The van der Waals surface area contributed by atoms with Crippen LogP contribution in [0.15, 0.2) is 64.9 Å². The van der Waals surface area contributed by atoms with Gasteiger partial charge in [-0.25, -0.2) is 8.42 Å². The summed E-state index contributed by atoms with van der Waals surface area (Å²) in [4.78, 5) is 13.2. The van der Waals surface area contributed by atoms with Crippen LogP contribution in [0.5, 0.6) is 0 Å². The van der Waals surface area contributed by atoms with Crippen molar-refractivity contribution in [2.45, 2.75) is 10.8 Å². The Kier molecular flexibility index (Phi) is 6.74. The predicted molar refractivity (Wildman–Crippen MR) is 122 cm³/mol. The van der Waals surface area contributed by atoms with E-state index < -0.39 is 10.0 Å². The maximum Gasteiger partial charge on any atom is 0.252 e. The standard InChI is InChI=1S/C22H21ClN2O4S2/c23-19-7-1-16(2-8-19)15-24-22(26)18-5-3-17(4-6-18)20-9-10-21(30-20)31(27,28)25-11-13-29-14-12-25/h1-10H,11-15H2,(H,24,26). The predicted octanol–water partition coefficient (Wildman–Crippen LogP) is 4.02. The van der Waals surface area contributed by atoms with Crippen LogP contribution < -0.4 is 5.32 Å². The van der Waals surface area contributed by atoms with E-state index in [4.69, 9.17) is 16.3 Å². The summed E-state index contributed by atoms with van der Waals surface area (Å²) in [5, 5.41) is 3.53. The van der Waals surface area contributed by atoms with Gasteiger partial charge in [0.15, 0.2) is 0 Å². The topological polar surface area (TPSA) is 75.7 Å². The number of rotatable bonds is 6. The number of nitrogens with zero attached hydrogens (tertiary/aromatic N) is 1. The van der Waals surface area contributed by atoms with Crippen molar-refractivity contribution in [1.29, 1.82) is 0 Å². The van der Waals surface area contributed by atoms with Gasteiger partial charge in [-0.1, -0.05) is 35.9 Å². The number of carbonyl (C=O) groups excluding carboxylic acids is 1. The minimum absolute atomic E-state index is 0.178. The molecule has 2 heterocycles. The van der Waals surface area contributed by atoms with Crippen molar-refractivity contribution in [3.8, 4) is 10.4 Å². The minimum Gasteiger partial charge on any atom is -0.379 e. The Morgan fingerprint density at radius 3 is 2.35 bits per heavy atom. The van der Waals surface area contributed by atoms with E-state index in [1.165, 1.54) is 15.6 Å². The first-order valence-electron chi connectivity index (χ1n) is 9.74. The number of ether oxygens (including phenoxy) is 1. The molecule has 1 aliphatic rings. The van der Waals surface area contributed by atoms with E-state index in [-0.39, 0.29) is 5.91 Å². The normalized spacial score (nSPS) is 15.0. The zero-order valence-corrected chi connectivity index (χ0v) is 19.0. The molecule has 0 saturated carbocycles. The third kappa shape index (κ3) is 5.16. The molecule has 1 N–H and O–H groups in total. The number of nitrogens with one attached hydrogen (secondary N) is 1. The molecule has 6 nitrogen and oxygen atoms in total. The summed E-state index contributed by atoms with van der Waals surface area (Å²) in [6.45, 7) is 1.98. The van der Waals surface area contributed by atoms with Gasteiger partial charge in [0, 0.05) is 35.1 Å². The van der Waals surface area contributed by atoms with Crippen molar-refractivity contribution < 1.29 is 17.9 Å². The number of amides is 1. The number of hydrogen-bond donors (Lipinski definition) is 1. The molecule has 4 rings (SSSR count). The van der Waals surface area contributed by atoms with Gasteiger partial charge in [0.1, 0.15) is 4.21 Å². The maximum absolute atomic E-state index is 12.8. The number of sulfonamides is 1. The minimum atomic E-state index is -3.51. The SMILES string of the molecule is O=C(NCc1ccc(Cl)cc1)c1ccc(-c2ccc(S(=O)(=O)N3CCOCC3)s2)cc1. The number of thiophene rings is 1. The lowest BCUT2D eigenvalue weighted by Crippen LogP contribution is -2.40. The summed E-state index contributed by atoms with van der Waals surface area (Å²) in [6, 6.07) is 17.9. The Bertz CT molecular complexity index is 1150. The molecule has 1 aromatic heterocycles. The van der Waals surface area contributed by atoms with Gasteiger partial charge in [0.05, 0.1) is 13.2 Å². The Balaban J connectivity index is 1.42. The summed E-state index contributed by atoms with van der Waals surface area (Å²) < 4.78 is 32.6. The quantitative estimate of drug-likeness (QED) is 0.583. The first kappa shape index (κ1) is 22.0. The lowest BCUT2D eigenvalue weighted by atomic mass is 10.1. The highest BCUT2D eigenvalue weighted by atomic mass is 35.5. The molecular formula is C22H21ClN2O4S2. The van der Waals surface area contributed by atoms with Crippen LogP contribution in [0.1, 0.15) is 15.9 Å². The van der Waals surface area contributed by atoms with Crippen LogP contribution in [0.4, 0.5) is 0 Å². The molecule has 9 heteroatoms. The van der Waals surface area contributed by atoms with Gasteiger partial charge in [0.25, 0.3) is 15.9 Å². The molecule has 0 unspecified atom stereocenters. The smallest absolute Gasteiger partial charge is 0.252 e. The van der Waals surface area contributed by atoms with Gasteiger partial charge in [-0.15, -0.1) is 11.3 Å². The number of carbonyl (C=O) groups is 1. The van der Waals surface area contributed by atoms with E-state index in [0.717, 1.165) is 16.0 Å². The lowest BCUT2D eigenvalue weighted by Gasteiger charge is -2.25. The van der Waals surface area contributed by atoms with Crippen LogP contribution in [0.2, 0.25) is 5.02 Å². The van der Waals surface area contributed by atoms with Crippen molar-refractivity contribution in [2.75, 3.05) is 26.3 Å². The highest BCUT2D eigenvalue weighted by molar-refractivity contribution is 7.91. The molecule has 31 heavy (non-hydrogen) atoms. The molecule has 2 aromatic carbocycles. The summed E-state index contributed by atoms with van der Waals surface area (Å²) >= 11 is 7.10. The van der Waals surface area contributed by atoms with Crippen LogP contribution in [0.3, 0.4) is 0 Å². The number of halogens is 1. The highest BCUT2D eigenvalue weighted by Gasteiger charge is 2.27. The third-order valence-corrected chi connectivity index (χ3v) is 8.70. The molecule has 0 radical (unpaired) electrons. The molecule has 0 atom stereocenters. The van der Waals surface area contributed by atoms with Gasteiger partial charge in [-0.05, 0) is 47.5 Å². The Morgan fingerprint density at radius 2 is 1.68 bits per heavy atom. The van der Waals surface area contributed by atoms with E-state index in [2.05, 4.69) is 5.32 Å². The van der Waals surface area contributed by atoms with E-state index >= 15 is 0 Å². The lowest BCUT2D eigenvalue weighted by molar-refractivity contribution is 0.0731. The molecule has 3 aromatic rings. The number of benzene rings is 2. The maximum atomic E-state index is 12.8. The van der Waals surface area contributed by atoms with Gasteiger partial charge >= 0.3 is 0 Å². The highest BCUT2D eigenvalue weighted by Crippen LogP contribution is 2.32. The first-order valence-corrected chi connectivity index (χ1v) is 12.4. The Hall–Kier alpha value is -2.23. The summed E-state index contributed by atoms with van der Waals surface area (Å²) in [5.74, 6) is -0.178. The van der Waals surface area contributed by atoms with Crippen LogP contribution in [0.25, 0.3) is 10.4 Å². The van der Waals surface area contributed by atoms with Crippen molar-refractivity contribution in [2.24, 2.45) is 0 Å². The first-order chi connectivity index (χ1) is 14.9. The second kappa shape index (κ2) is 9.50. The molecule has 1 amide bonds. The zero-order chi connectivity index (χ0) is 21.8. The van der Waals surface area contributed by atoms with Crippen molar-refractivity contribution in [1.82, 2.24) is 9.62 Å². The monoisotopic (exact) mass is 476 g/mol. The Labute approximate surface area is 190 Å². The summed E-state index contributed by atoms with van der Waals surface area (Å²) in [7, 11) is -3.51. The van der Waals surface area contributed by atoms with Gasteiger partial charge in [-0.3, -0.25) is 4.79 Å². The van der Waals surface area contributed by atoms with E-state index in [1.54, 1.807) is 36.4 Å². The van der Waals surface area contributed by atoms with Crippen molar-refractivity contribution >= 4 is 38.9 Å². The van der Waals surface area contributed by atoms with E-state index in [0.29, 0.717) is 47.6 Å². The van der Waals surface area contributed by atoms with Crippen molar-refractivity contribution in [3.63, 3.8) is 0 Å². The molecule has 1 aliphatic heterocycles. The zero-order valence-electron chi connectivity index (χ0n) is 16.6. The number of hydrogen-bond acceptors (Lipinski definition) is 5. The molecular weight excluding hydrogens is 456 g/mol. The molecule has 0 aliphatic carbocycles.